The maximum atomic E-state index is 13.1. The van der Waals surface area contributed by atoms with Crippen molar-refractivity contribution in [1.82, 2.24) is 0 Å². The van der Waals surface area contributed by atoms with Crippen molar-refractivity contribution in [2.24, 2.45) is 5.92 Å². The van der Waals surface area contributed by atoms with E-state index < -0.39 is 0 Å². The van der Waals surface area contributed by atoms with Crippen LogP contribution < -0.4 is 4.74 Å². The molecule has 2 nitrogen and oxygen atoms in total. The summed E-state index contributed by atoms with van der Waals surface area (Å²) in [7, 11) is 0. The van der Waals surface area contributed by atoms with Crippen LogP contribution >= 0.6 is 11.6 Å². The van der Waals surface area contributed by atoms with Gasteiger partial charge >= 0.3 is 5.97 Å². The van der Waals surface area contributed by atoms with Crippen LogP contribution in [-0.4, -0.2) is 5.97 Å². The Hall–Kier alpha value is -1.87. The van der Waals surface area contributed by atoms with Gasteiger partial charge in [0.2, 0.25) is 0 Å². The predicted molar refractivity (Wildman–Crippen MR) is 76.4 cm³/mol. The smallest absolute Gasteiger partial charge is 0.314 e. The van der Waals surface area contributed by atoms with Gasteiger partial charge in [-0.1, -0.05) is 36.7 Å². The lowest BCUT2D eigenvalue weighted by molar-refractivity contribution is -0.138. The Morgan fingerprint density at radius 3 is 2.70 bits per heavy atom. The van der Waals surface area contributed by atoms with Crippen LogP contribution in [0.3, 0.4) is 0 Å². The zero-order valence-corrected chi connectivity index (χ0v) is 11.7. The number of carbonyl (C=O) groups excluding carboxylic acids is 1. The quantitative estimate of drug-likeness (QED) is 0.621. The van der Waals surface area contributed by atoms with E-state index in [-0.39, 0.29) is 17.7 Å². The number of halogens is 2. The van der Waals surface area contributed by atoms with Crippen LogP contribution in [0.2, 0.25) is 5.02 Å². The molecule has 104 valence electrons. The minimum Gasteiger partial charge on any atom is -0.426 e. The lowest BCUT2D eigenvalue weighted by Crippen LogP contribution is -2.19. The molecule has 0 aliphatic rings. The molecular formula is C16H14ClFO2. The first-order valence-corrected chi connectivity index (χ1v) is 6.64. The Morgan fingerprint density at radius 2 is 2.00 bits per heavy atom. The summed E-state index contributed by atoms with van der Waals surface area (Å²) in [6.07, 6.45) is 0.428. The molecule has 0 saturated carbocycles. The standard InChI is InChI=1S/C16H14ClFO2/c1-11(8-12-4-2-6-14(18)9-12)16(19)20-15-7-3-5-13(17)10-15/h2-7,9-11H,8H2,1H3. The first-order chi connectivity index (χ1) is 9.54. The molecule has 2 aromatic carbocycles. The van der Waals surface area contributed by atoms with Crippen LogP contribution in [-0.2, 0) is 11.2 Å². The fourth-order valence-corrected chi connectivity index (χ4v) is 2.03. The van der Waals surface area contributed by atoms with E-state index in [0.29, 0.717) is 17.2 Å². The minimum atomic E-state index is -0.365. The van der Waals surface area contributed by atoms with Crippen molar-refractivity contribution in [3.8, 4) is 5.75 Å². The summed E-state index contributed by atoms with van der Waals surface area (Å²) in [5, 5.41) is 0.507. The molecule has 0 aromatic heterocycles. The van der Waals surface area contributed by atoms with Crippen LogP contribution in [0.1, 0.15) is 12.5 Å². The molecule has 20 heavy (non-hydrogen) atoms. The van der Waals surface area contributed by atoms with E-state index in [1.54, 1.807) is 43.3 Å². The Morgan fingerprint density at radius 1 is 1.25 bits per heavy atom. The summed E-state index contributed by atoms with van der Waals surface area (Å²) in [5.74, 6) is -0.626. The first-order valence-electron chi connectivity index (χ1n) is 6.26. The summed E-state index contributed by atoms with van der Waals surface area (Å²) >= 11 is 5.82. The van der Waals surface area contributed by atoms with Gasteiger partial charge in [0.25, 0.3) is 0 Å². The van der Waals surface area contributed by atoms with Crippen molar-refractivity contribution in [2.75, 3.05) is 0 Å². The normalized spacial score (nSPS) is 11.9. The van der Waals surface area contributed by atoms with Crippen LogP contribution in [0.5, 0.6) is 5.75 Å². The summed E-state index contributed by atoms with van der Waals surface area (Å²) in [6.45, 7) is 1.75. The van der Waals surface area contributed by atoms with Gasteiger partial charge in [-0.25, -0.2) is 4.39 Å². The van der Waals surface area contributed by atoms with Crippen molar-refractivity contribution in [3.05, 3.63) is 64.9 Å². The fraction of sp³-hybridized carbons (Fsp3) is 0.188. The second kappa shape index (κ2) is 6.53. The van der Waals surface area contributed by atoms with Gasteiger partial charge in [0.05, 0.1) is 5.92 Å². The number of esters is 1. The number of ether oxygens (including phenoxy) is 1. The number of hydrogen-bond acceptors (Lipinski definition) is 2. The van der Waals surface area contributed by atoms with Crippen molar-refractivity contribution in [2.45, 2.75) is 13.3 Å². The van der Waals surface area contributed by atoms with Crippen molar-refractivity contribution >= 4 is 17.6 Å². The zero-order chi connectivity index (χ0) is 14.5. The highest BCUT2D eigenvalue weighted by atomic mass is 35.5. The average molecular weight is 293 g/mol. The minimum absolute atomic E-state index is 0.307. The van der Waals surface area contributed by atoms with Crippen molar-refractivity contribution < 1.29 is 13.9 Å². The van der Waals surface area contributed by atoms with Gasteiger partial charge in [0.15, 0.2) is 0 Å². The van der Waals surface area contributed by atoms with Gasteiger partial charge in [-0.2, -0.15) is 0 Å². The molecule has 2 rings (SSSR count). The molecule has 0 radical (unpaired) electrons. The van der Waals surface area contributed by atoms with E-state index in [1.165, 1.54) is 12.1 Å². The van der Waals surface area contributed by atoms with Crippen LogP contribution in [0, 0.1) is 11.7 Å². The third-order valence-electron chi connectivity index (χ3n) is 2.85. The second-order valence-electron chi connectivity index (χ2n) is 4.61. The second-order valence-corrected chi connectivity index (χ2v) is 5.05. The molecule has 0 aliphatic heterocycles. The van der Waals surface area contributed by atoms with Gasteiger partial charge < -0.3 is 4.74 Å². The number of rotatable bonds is 4. The highest BCUT2D eigenvalue weighted by Gasteiger charge is 2.16. The molecule has 0 amide bonds. The first kappa shape index (κ1) is 14.5. The summed E-state index contributed by atoms with van der Waals surface area (Å²) in [4.78, 5) is 12.0. The van der Waals surface area contributed by atoms with Gasteiger partial charge in [-0.3, -0.25) is 4.79 Å². The van der Waals surface area contributed by atoms with Crippen LogP contribution in [0.4, 0.5) is 4.39 Å². The predicted octanol–water partition coefficient (Wildman–Crippen LogP) is 4.26. The van der Waals surface area contributed by atoms with E-state index in [9.17, 15) is 9.18 Å². The molecule has 0 N–H and O–H groups in total. The van der Waals surface area contributed by atoms with E-state index in [1.807, 2.05) is 0 Å². The fourth-order valence-electron chi connectivity index (χ4n) is 1.85. The SMILES string of the molecule is CC(Cc1cccc(F)c1)C(=O)Oc1cccc(Cl)c1. The Kier molecular flexibility index (Phi) is 4.74. The van der Waals surface area contributed by atoms with Gasteiger partial charge in [-0.15, -0.1) is 0 Å². The lowest BCUT2D eigenvalue weighted by Gasteiger charge is -2.11. The zero-order valence-electron chi connectivity index (χ0n) is 11.0. The molecule has 0 saturated heterocycles. The molecule has 0 heterocycles. The molecule has 1 atom stereocenters. The number of carbonyl (C=O) groups is 1. The lowest BCUT2D eigenvalue weighted by atomic mass is 10.0. The summed E-state index contributed by atoms with van der Waals surface area (Å²) in [5.41, 5.74) is 0.764. The highest BCUT2D eigenvalue weighted by Crippen LogP contribution is 2.19. The maximum Gasteiger partial charge on any atom is 0.314 e. The van der Waals surface area contributed by atoms with Crippen molar-refractivity contribution in [1.29, 1.82) is 0 Å². The Labute approximate surface area is 122 Å². The number of hydrogen-bond donors (Lipinski definition) is 0. The van der Waals surface area contributed by atoms with Gasteiger partial charge in [-0.05, 0) is 42.3 Å². The Bertz CT molecular complexity index is 613. The van der Waals surface area contributed by atoms with Crippen LogP contribution in [0.25, 0.3) is 0 Å². The van der Waals surface area contributed by atoms with E-state index in [4.69, 9.17) is 16.3 Å². The maximum absolute atomic E-state index is 13.1. The van der Waals surface area contributed by atoms with Gasteiger partial charge in [0.1, 0.15) is 11.6 Å². The third kappa shape index (κ3) is 4.07. The van der Waals surface area contributed by atoms with E-state index in [0.717, 1.165) is 5.56 Å². The van der Waals surface area contributed by atoms with Crippen molar-refractivity contribution in [3.63, 3.8) is 0 Å². The molecule has 0 fully saturated rings. The molecule has 4 heteroatoms. The summed E-state index contributed by atoms with van der Waals surface area (Å²) in [6, 6.07) is 12.9. The summed E-state index contributed by atoms with van der Waals surface area (Å²) < 4.78 is 18.3. The molecule has 2 aromatic rings. The molecule has 0 bridgehead atoms. The van der Waals surface area contributed by atoms with Crippen LogP contribution in [0.15, 0.2) is 48.5 Å². The molecule has 0 spiro atoms. The highest BCUT2D eigenvalue weighted by molar-refractivity contribution is 6.30. The molecule has 0 aliphatic carbocycles. The number of benzene rings is 2. The monoisotopic (exact) mass is 292 g/mol. The van der Waals surface area contributed by atoms with E-state index >= 15 is 0 Å². The topological polar surface area (TPSA) is 26.3 Å². The Balaban J connectivity index is 1.98. The molecular weight excluding hydrogens is 279 g/mol. The van der Waals surface area contributed by atoms with Gasteiger partial charge in [0, 0.05) is 5.02 Å². The van der Waals surface area contributed by atoms with E-state index in [2.05, 4.69) is 0 Å². The largest absolute Gasteiger partial charge is 0.426 e. The third-order valence-corrected chi connectivity index (χ3v) is 3.08. The average Bonchev–Trinajstić information content (AvgIpc) is 2.38. The molecule has 1 unspecified atom stereocenters.